The molecule has 0 saturated carbocycles. The number of para-hydroxylation sites is 1. The minimum absolute atomic E-state index is 0.207. The molecule has 21 heavy (non-hydrogen) atoms. The van der Waals surface area contributed by atoms with Gasteiger partial charge in [0, 0.05) is 9.50 Å². The number of carboxylic acid groups (broad SMARTS) is 1. The highest BCUT2D eigenvalue weighted by Gasteiger charge is 2.18. The van der Waals surface area contributed by atoms with Crippen LogP contribution in [0.5, 0.6) is 0 Å². The fourth-order valence-electron chi connectivity index (χ4n) is 1.68. The number of rotatable bonds is 3. The summed E-state index contributed by atoms with van der Waals surface area (Å²) in [5.74, 6) is -2.81. The van der Waals surface area contributed by atoms with Crippen LogP contribution in [0, 0.1) is 5.82 Å². The summed E-state index contributed by atoms with van der Waals surface area (Å²) in [6.07, 6.45) is 0. The van der Waals surface area contributed by atoms with Gasteiger partial charge in [-0.05, 0) is 46.3 Å². The van der Waals surface area contributed by atoms with E-state index in [1.54, 1.807) is 0 Å². The van der Waals surface area contributed by atoms with E-state index in [4.69, 9.17) is 16.7 Å². The van der Waals surface area contributed by atoms with Crippen molar-refractivity contribution < 1.29 is 19.1 Å². The van der Waals surface area contributed by atoms with Gasteiger partial charge in [0.2, 0.25) is 0 Å². The van der Waals surface area contributed by atoms with Gasteiger partial charge in [-0.3, -0.25) is 4.79 Å². The number of amides is 1. The molecule has 0 atom stereocenters. The average Bonchev–Trinajstić information content (AvgIpc) is 2.40. The molecule has 7 heteroatoms. The lowest BCUT2D eigenvalue weighted by atomic mass is 10.1. The van der Waals surface area contributed by atoms with Gasteiger partial charge in [0.05, 0.1) is 16.8 Å². The zero-order valence-corrected chi connectivity index (χ0v) is 12.7. The Labute approximate surface area is 132 Å². The minimum Gasteiger partial charge on any atom is -0.478 e. The van der Waals surface area contributed by atoms with Crippen LogP contribution in [-0.4, -0.2) is 17.0 Å². The van der Waals surface area contributed by atoms with Crippen molar-refractivity contribution in [1.29, 1.82) is 0 Å². The summed E-state index contributed by atoms with van der Waals surface area (Å²) in [6, 6.07) is 7.99. The Morgan fingerprint density at radius 3 is 2.52 bits per heavy atom. The number of hydrogen-bond donors (Lipinski definition) is 2. The Kier molecular flexibility index (Phi) is 4.59. The largest absolute Gasteiger partial charge is 0.478 e. The summed E-state index contributed by atoms with van der Waals surface area (Å²) in [5, 5.41) is 11.7. The molecule has 0 heterocycles. The van der Waals surface area contributed by atoms with E-state index in [0.29, 0.717) is 9.50 Å². The normalized spacial score (nSPS) is 10.2. The van der Waals surface area contributed by atoms with Crippen molar-refractivity contribution in [3.05, 3.63) is 62.8 Å². The SMILES string of the molecule is O=C(Nc1c(F)cccc1C(=O)O)c1ccc(Cl)cc1Br. The Balaban J connectivity index is 2.38. The van der Waals surface area contributed by atoms with Crippen LogP contribution >= 0.6 is 27.5 Å². The average molecular weight is 373 g/mol. The highest BCUT2D eigenvalue weighted by Crippen LogP contribution is 2.25. The minimum atomic E-state index is -1.33. The van der Waals surface area contributed by atoms with Crippen molar-refractivity contribution in [1.82, 2.24) is 0 Å². The third kappa shape index (κ3) is 3.40. The predicted octanol–water partition coefficient (Wildman–Crippen LogP) is 4.19. The second-order valence-electron chi connectivity index (χ2n) is 4.05. The highest BCUT2D eigenvalue weighted by molar-refractivity contribution is 9.10. The Morgan fingerprint density at radius 1 is 1.19 bits per heavy atom. The molecule has 108 valence electrons. The fourth-order valence-corrected chi connectivity index (χ4v) is 2.55. The number of hydrogen-bond acceptors (Lipinski definition) is 2. The number of benzene rings is 2. The smallest absolute Gasteiger partial charge is 0.337 e. The van der Waals surface area contributed by atoms with E-state index in [0.717, 1.165) is 6.07 Å². The highest BCUT2D eigenvalue weighted by atomic mass is 79.9. The number of aromatic carboxylic acids is 1. The van der Waals surface area contributed by atoms with Crippen LogP contribution in [0.1, 0.15) is 20.7 Å². The fraction of sp³-hybridized carbons (Fsp3) is 0. The van der Waals surface area contributed by atoms with Crippen molar-refractivity contribution in [2.75, 3.05) is 5.32 Å². The van der Waals surface area contributed by atoms with Gasteiger partial charge in [0.15, 0.2) is 0 Å². The molecule has 0 bridgehead atoms. The van der Waals surface area contributed by atoms with Crippen LogP contribution in [0.2, 0.25) is 5.02 Å². The summed E-state index contributed by atoms with van der Waals surface area (Å²) >= 11 is 8.95. The molecule has 2 N–H and O–H groups in total. The van der Waals surface area contributed by atoms with Crippen molar-refractivity contribution in [3.8, 4) is 0 Å². The summed E-state index contributed by atoms with van der Waals surface area (Å²) in [4.78, 5) is 23.2. The molecule has 0 saturated heterocycles. The summed E-state index contributed by atoms with van der Waals surface area (Å²) in [5.41, 5.74) is -0.496. The van der Waals surface area contributed by atoms with Crippen LogP contribution in [0.25, 0.3) is 0 Å². The van der Waals surface area contributed by atoms with E-state index in [-0.39, 0.29) is 16.8 Å². The molecular weight excluding hydrogens is 365 g/mol. The summed E-state index contributed by atoms with van der Waals surface area (Å²) in [7, 11) is 0. The molecule has 0 aliphatic heterocycles. The molecule has 0 spiro atoms. The van der Waals surface area contributed by atoms with E-state index in [9.17, 15) is 14.0 Å². The van der Waals surface area contributed by atoms with Gasteiger partial charge in [-0.15, -0.1) is 0 Å². The zero-order valence-electron chi connectivity index (χ0n) is 10.4. The van der Waals surface area contributed by atoms with Crippen LogP contribution in [-0.2, 0) is 0 Å². The van der Waals surface area contributed by atoms with Crippen molar-refractivity contribution in [3.63, 3.8) is 0 Å². The Bertz CT molecular complexity index is 736. The number of anilines is 1. The zero-order chi connectivity index (χ0) is 15.6. The lowest BCUT2D eigenvalue weighted by Crippen LogP contribution is -2.16. The molecule has 0 fully saturated rings. The maximum Gasteiger partial charge on any atom is 0.337 e. The molecule has 0 aromatic heterocycles. The van der Waals surface area contributed by atoms with Crippen molar-refractivity contribution >= 4 is 45.1 Å². The second kappa shape index (κ2) is 6.24. The summed E-state index contributed by atoms with van der Waals surface area (Å²) < 4.78 is 14.2. The first kappa shape index (κ1) is 15.5. The lowest BCUT2D eigenvalue weighted by molar-refractivity contribution is 0.0697. The molecule has 2 aromatic carbocycles. The standard InChI is InChI=1S/C14H8BrClFNO3/c15-10-6-7(16)4-5-8(10)13(19)18-12-9(14(20)21)2-1-3-11(12)17/h1-6H,(H,18,19)(H,20,21). The third-order valence-electron chi connectivity index (χ3n) is 2.66. The molecular formula is C14H8BrClFNO3. The van der Waals surface area contributed by atoms with E-state index in [1.807, 2.05) is 0 Å². The molecule has 0 radical (unpaired) electrons. The molecule has 4 nitrogen and oxygen atoms in total. The van der Waals surface area contributed by atoms with Gasteiger partial charge in [0.25, 0.3) is 5.91 Å². The number of carboxylic acids is 1. The number of carbonyl (C=O) groups is 2. The van der Waals surface area contributed by atoms with E-state index in [2.05, 4.69) is 21.2 Å². The maximum atomic E-state index is 13.7. The number of nitrogens with one attached hydrogen (secondary N) is 1. The molecule has 1 amide bonds. The van der Waals surface area contributed by atoms with Crippen LogP contribution < -0.4 is 5.32 Å². The maximum absolute atomic E-state index is 13.7. The van der Waals surface area contributed by atoms with E-state index in [1.165, 1.54) is 30.3 Å². The first-order chi connectivity index (χ1) is 9.90. The predicted molar refractivity (Wildman–Crippen MR) is 80.5 cm³/mol. The molecule has 0 unspecified atom stereocenters. The number of carbonyl (C=O) groups excluding carboxylic acids is 1. The van der Waals surface area contributed by atoms with Crippen LogP contribution in [0.15, 0.2) is 40.9 Å². The summed E-state index contributed by atoms with van der Waals surface area (Å²) in [6.45, 7) is 0. The monoisotopic (exact) mass is 371 g/mol. The Morgan fingerprint density at radius 2 is 1.90 bits per heavy atom. The molecule has 0 aliphatic carbocycles. The quantitative estimate of drug-likeness (QED) is 0.849. The first-order valence-electron chi connectivity index (χ1n) is 5.68. The van der Waals surface area contributed by atoms with Gasteiger partial charge < -0.3 is 10.4 Å². The van der Waals surface area contributed by atoms with Gasteiger partial charge in [-0.1, -0.05) is 17.7 Å². The van der Waals surface area contributed by atoms with Crippen molar-refractivity contribution in [2.24, 2.45) is 0 Å². The second-order valence-corrected chi connectivity index (χ2v) is 5.34. The Hall–Kier alpha value is -1.92. The van der Waals surface area contributed by atoms with Gasteiger partial charge in [-0.25, -0.2) is 9.18 Å². The van der Waals surface area contributed by atoms with E-state index < -0.39 is 17.7 Å². The number of halogens is 3. The third-order valence-corrected chi connectivity index (χ3v) is 3.55. The van der Waals surface area contributed by atoms with Gasteiger partial charge in [0.1, 0.15) is 5.82 Å². The van der Waals surface area contributed by atoms with Crippen LogP contribution in [0.3, 0.4) is 0 Å². The lowest BCUT2D eigenvalue weighted by Gasteiger charge is -2.10. The molecule has 2 aromatic rings. The molecule has 2 rings (SSSR count). The van der Waals surface area contributed by atoms with Gasteiger partial charge in [-0.2, -0.15) is 0 Å². The first-order valence-corrected chi connectivity index (χ1v) is 6.85. The topological polar surface area (TPSA) is 66.4 Å². The van der Waals surface area contributed by atoms with Crippen LogP contribution in [0.4, 0.5) is 10.1 Å². The molecule has 0 aliphatic rings. The van der Waals surface area contributed by atoms with Crippen molar-refractivity contribution in [2.45, 2.75) is 0 Å². The van der Waals surface area contributed by atoms with Gasteiger partial charge >= 0.3 is 5.97 Å². The van der Waals surface area contributed by atoms with E-state index >= 15 is 0 Å².